The van der Waals surface area contributed by atoms with Gasteiger partial charge in [-0.3, -0.25) is 14.6 Å². The van der Waals surface area contributed by atoms with Gasteiger partial charge < -0.3 is 10.7 Å². The summed E-state index contributed by atoms with van der Waals surface area (Å²) in [5.74, 6) is -0.371. The number of hydrogen-bond acceptors (Lipinski definition) is 3. The van der Waals surface area contributed by atoms with Crippen molar-refractivity contribution in [2.24, 2.45) is 28.9 Å². The molecule has 3 fully saturated rings. The lowest BCUT2D eigenvalue weighted by molar-refractivity contribution is -0.185. The molecule has 8 heteroatoms. The zero-order valence-electron chi connectivity index (χ0n) is 18.1. The van der Waals surface area contributed by atoms with Crippen LogP contribution in [0.4, 0.5) is 13.2 Å². The average Bonchev–Trinajstić information content (AvgIpc) is 3.53. The fraction of sp³-hybridized carbons (Fsp3) is 0.625. The highest BCUT2D eigenvalue weighted by molar-refractivity contribution is 6.03. The normalized spacial score (nSPS) is 25.2. The molecule has 32 heavy (non-hydrogen) atoms. The molecule has 0 saturated heterocycles. The number of pyridine rings is 2. The summed E-state index contributed by atoms with van der Waals surface area (Å²) in [5, 5.41) is 0.238. The van der Waals surface area contributed by atoms with Gasteiger partial charge in [0.05, 0.1) is 16.8 Å². The van der Waals surface area contributed by atoms with Crippen LogP contribution in [-0.4, -0.2) is 22.1 Å². The number of aromatic nitrogens is 2. The lowest BCUT2D eigenvalue weighted by atomic mass is 9.68. The fourth-order valence-electron chi connectivity index (χ4n) is 5.63. The van der Waals surface area contributed by atoms with E-state index in [2.05, 4.69) is 9.97 Å². The maximum atomic E-state index is 12.6. The molecule has 0 atom stereocenters. The van der Waals surface area contributed by atoms with Crippen molar-refractivity contribution in [2.45, 2.75) is 70.4 Å². The number of primary amides is 1. The van der Waals surface area contributed by atoms with Gasteiger partial charge in [0.1, 0.15) is 5.69 Å². The second-order valence-electron chi connectivity index (χ2n) is 9.78. The highest BCUT2D eigenvalue weighted by Gasteiger charge is 2.47. The van der Waals surface area contributed by atoms with Crippen LogP contribution in [0.2, 0.25) is 0 Å². The Hall–Kier alpha value is -2.38. The Kier molecular flexibility index (Phi) is 6.32. The quantitative estimate of drug-likeness (QED) is 0.648. The first-order valence-electron chi connectivity index (χ1n) is 11.5. The number of H-pyrrole nitrogens is 1. The second-order valence-corrected chi connectivity index (χ2v) is 9.78. The van der Waals surface area contributed by atoms with E-state index in [0.717, 1.165) is 18.8 Å². The minimum atomic E-state index is -3.95. The van der Waals surface area contributed by atoms with E-state index in [9.17, 15) is 22.8 Å². The molecular weight excluding hydrogens is 419 g/mol. The standard InChI is InChI=1S/C15H23F3.C9H7N3O2/c16-15(17,18)13-3-1-11(2-4-13)12-5-7-14(8-6-12)9-10-14;10-9(14)8-7-5(1-3-12-8)11-4-2-6(7)13/h11-13H,1-10H2;1-4H,(H2,10,14)(H,11,13). The van der Waals surface area contributed by atoms with E-state index in [1.165, 1.54) is 57.0 Å². The van der Waals surface area contributed by atoms with E-state index in [1.54, 1.807) is 6.07 Å². The maximum absolute atomic E-state index is 12.6. The van der Waals surface area contributed by atoms with Crippen LogP contribution in [0.5, 0.6) is 0 Å². The van der Waals surface area contributed by atoms with E-state index in [4.69, 9.17) is 5.73 Å². The third-order valence-corrected chi connectivity index (χ3v) is 7.85. The van der Waals surface area contributed by atoms with Gasteiger partial charge in [-0.25, -0.2) is 0 Å². The summed E-state index contributed by atoms with van der Waals surface area (Å²) in [6.45, 7) is 0. The van der Waals surface area contributed by atoms with E-state index in [-0.39, 0.29) is 16.5 Å². The van der Waals surface area contributed by atoms with Crippen LogP contribution < -0.4 is 11.2 Å². The van der Waals surface area contributed by atoms with Gasteiger partial charge in [-0.05, 0) is 87.5 Å². The number of aromatic amines is 1. The molecule has 0 aliphatic heterocycles. The number of nitrogens with two attached hydrogens (primary N) is 1. The Balaban J connectivity index is 0.000000158. The second kappa shape index (κ2) is 8.87. The molecule has 0 radical (unpaired) electrons. The van der Waals surface area contributed by atoms with Crippen LogP contribution in [0.25, 0.3) is 10.9 Å². The van der Waals surface area contributed by atoms with Crippen molar-refractivity contribution in [1.29, 1.82) is 0 Å². The summed E-state index contributed by atoms with van der Waals surface area (Å²) in [7, 11) is 0. The Bertz CT molecular complexity index is 1010. The molecule has 1 amide bonds. The number of carbonyl (C=O) groups excluding carboxylic acids is 1. The van der Waals surface area contributed by atoms with Gasteiger partial charge in [0, 0.05) is 18.5 Å². The third-order valence-electron chi connectivity index (χ3n) is 7.85. The van der Waals surface area contributed by atoms with Gasteiger partial charge in [0.25, 0.3) is 5.91 Å². The number of hydrogen-bond donors (Lipinski definition) is 2. The highest BCUT2D eigenvalue weighted by Crippen LogP contribution is 2.58. The third kappa shape index (κ3) is 4.99. The zero-order chi connectivity index (χ0) is 22.9. The van der Waals surface area contributed by atoms with E-state index in [0.29, 0.717) is 29.7 Å². The van der Waals surface area contributed by atoms with Crippen LogP contribution in [0.3, 0.4) is 0 Å². The molecule has 174 valence electrons. The van der Waals surface area contributed by atoms with Crippen molar-refractivity contribution in [1.82, 2.24) is 9.97 Å². The summed E-state index contributed by atoms with van der Waals surface area (Å²) in [5.41, 5.74) is 6.10. The molecule has 2 aromatic rings. The number of nitrogens with one attached hydrogen (secondary N) is 1. The van der Waals surface area contributed by atoms with Gasteiger partial charge in [-0.2, -0.15) is 13.2 Å². The Morgan fingerprint density at radius 2 is 1.62 bits per heavy atom. The van der Waals surface area contributed by atoms with Gasteiger partial charge in [-0.15, -0.1) is 0 Å². The highest BCUT2D eigenvalue weighted by atomic mass is 19.4. The van der Waals surface area contributed by atoms with Crippen LogP contribution in [0.15, 0.2) is 29.3 Å². The van der Waals surface area contributed by atoms with Gasteiger partial charge >= 0.3 is 6.18 Å². The van der Waals surface area contributed by atoms with Crippen LogP contribution in [-0.2, 0) is 0 Å². The predicted molar refractivity (Wildman–Crippen MR) is 116 cm³/mol. The molecule has 0 bridgehead atoms. The molecular formula is C24H30F3N3O2. The number of nitrogens with zero attached hydrogens (tertiary/aromatic N) is 1. The fourth-order valence-corrected chi connectivity index (χ4v) is 5.63. The number of amides is 1. The minimum Gasteiger partial charge on any atom is -0.364 e. The van der Waals surface area contributed by atoms with Crippen molar-refractivity contribution in [2.75, 3.05) is 0 Å². The lowest BCUT2D eigenvalue weighted by Crippen LogP contribution is -2.31. The number of halogens is 3. The number of rotatable bonds is 2. The number of fused-ring (bicyclic) bond motifs is 1. The molecule has 3 aliphatic carbocycles. The zero-order valence-corrected chi connectivity index (χ0v) is 18.1. The topological polar surface area (TPSA) is 88.8 Å². The Morgan fingerprint density at radius 1 is 1.00 bits per heavy atom. The molecule has 0 unspecified atom stereocenters. The van der Waals surface area contributed by atoms with Gasteiger partial charge in [0.15, 0.2) is 5.43 Å². The Labute approximate surface area is 185 Å². The average molecular weight is 450 g/mol. The molecule has 3 saturated carbocycles. The molecule has 3 aliphatic rings. The summed E-state index contributed by atoms with van der Waals surface area (Å²) in [6, 6.07) is 2.94. The summed E-state index contributed by atoms with van der Waals surface area (Å²) in [6.07, 6.45) is 9.54. The monoisotopic (exact) mass is 449 g/mol. The summed E-state index contributed by atoms with van der Waals surface area (Å²) >= 11 is 0. The Morgan fingerprint density at radius 3 is 2.19 bits per heavy atom. The molecule has 0 aromatic carbocycles. The van der Waals surface area contributed by atoms with Crippen molar-refractivity contribution in [3.8, 4) is 0 Å². The first kappa shape index (κ1) is 22.8. The van der Waals surface area contributed by atoms with Crippen molar-refractivity contribution >= 4 is 16.8 Å². The molecule has 5 nitrogen and oxygen atoms in total. The largest absolute Gasteiger partial charge is 0.391 e. The SMILES string of the molecule is FC(F)(F)C1CCC(C2CCC3(CC2)CC3)CC1.NC(=O)c1nccc2[nH]ccc(=O)c12. The first-order chi connectivity index (χ1) is 15.2. The molecule has 3 N–H and O–H groups in total. The molecule has 2 aromatic heterocycles. The lowest BCUT2D eigenvalue weighted by Gasteiger charge is -2.38. The summed E-state index contributed by atoms with van der Waals surface area (Å²) < 4.78 is 37.9. The predicted octanol–water partition coefficient (Wildman–Crippen LogP) is 5.35. The molecule has 5 rings (SSSR count). The number of carbonyl (C=O) groups is 1. The van der Waals surface area contributed by atoms with Gasteiger partial charge in [-0.1, -0.05) is 0 Å². The van der Waals surface area contributed by atoms with Crippen molar-refractivity contribution in [3.63, 3.8) is 0 Å². The van der Waals surface area contributed by atoms with Gasteiger partial charge in [0.2, 0.25) is 0 Å². The first-order valence-corrected chi connectivity index (χ1v) is 11.5. The number of alkyl halides is 3. The summed E-state index contributed by atoms with van der Waals surface area (Å²) in [4.78, 5) is 29.0. The van der Waals surface area contributed by atoms with E-state index >= 15 is 0 Å². The van der Waals surface area contributed by atoms with E-state index in [1.807, 2.05) is 0 Å². The van der Waals surface area contributed by atoms with Crippen LogP contribution in [0, 0.1) is 23.2 Å². The molecule has 1 spiro atoms. The van der Waals surface area contributed by atoms with Crippen LogP contribution >= 0.6 is 0 Å². The van der Waals surface area contributed by atoms with E-state index < -0.39 is 18.0 Å². The van der Waals surface area contributed by atoms with Crippen LogP contribution in [0.1, 0.15) is 74.7 Å². The minimum absolute atomic E-state index is 0.00403. The molecule has 2 heterocycles. The van der Waals surface area contributed by atoms with Crippen molar-refractivity contribution < 1.29 is 18.0 Å². The van der Waals surface area contributed by atoms with Crippen molar-refractivity contribution in [3.05, 3.63) is 40.4 Å². The maximum Gasteiger partial charge on any atom is 0.391 e. The smallest absolute Gasteiger partial charge is 0.364 e.